The van der Waals surface area contributed by atoms with Crippen LogP contribution in [0.5, 0.6) is 0 Å². The van der Waals surface area contributed by atoms with E-state index in [1.54, 1.807) is 5.30 Å². The van der Waals surface area contributed by atoms with Gasteiger partial charge in [0.15, 0.2) is 0 Å². The fraction of sp³-hybridized carbons (Fsp3) is 0.704. The Labute approximate surface area is 207 Å². The standard InChI is InChI=1S/C26H40O2P.CH3.Pd/c1-27-23-17-11-18-24(28-2)26(23)22-16-9-10-19-25(22)29(20-12-5-3-6-13-20)21-14-7-4-8-15-21;;/h9-10,16,19-21,23-24H,3-8,11-15,17-18H2,1-2H3;1H3;/q2*-1;+2/p+1/t23-,24?;;/m0../s1. The number of ether oxygens (including phenoxy) is 2. The second-order valence-corrected chi connectivity index (χ2v) is 12.6. The van der Waals surface area contributed by atoms with Crippen LogP contribution in [-0.4, -0.2) is 37.7 Å². The Morgan fingerprint density at radius 1 is 0.710 bits per heavy atom. The summed E-state index contributed by atoms with van der Waals surface area (Å²) in [5.41, 5.74) is 3.43. The Bertz CT molecular complexity index is 597. The monoisotopic (exact) mass is 537 g/mol. The van der Waals surface area contributed by atoms with Gasteiger partial charge < -0.3 is 16.9 Å². The van der Waals surface area contributed by atoms with Crippen molar-refractivity contribution in [2.24, 2.45) is 0 Å². The molecule has 0 radical (unpaired) electrons. The normalized spacial score (nSPS) is 25.7. The van der Waals surface area contributed by atoms with E-state index in [1.807, 2.05) is 14.2 Å². The molecule has 0 aromatic heterocycles. The third-order valence-corrected chi connectivity index (χ3v) is 11.8. The first kappa shape index (κ1) is 27.3. The molecule has 2 nitrogen and oxygen atoms in total. The molecule has 178 valence electrons. The fourth-order valence-electron chi connectivity index (χ4n) is 6.43. The first-order valence-corrected chi connectivity index (χ1v) is 13.9. The summed E-state index contributed by atoms with van der Waals surface area (Å²) >= 11 is 0. The molecule has 31 heavy (non-hydrogen) atoms. The van der Waals surface area contributed by atoms with Gasteiger partial charge in [-0.1, -0.05) is 25.0 Å². The van der Waals surface area contributed by atoms with Gasteiger partial charge in [-0.2, -0.15) is 6.07 Å². The number of benzene rings is 1. The molecule has 1 aromatic rings. The third-order valence-electron chi connectivity index (χ3n) is 7.83. The Morgan fingerprint density at radius 2 is 1.19 bits per heavy atom. The summed E-state index contributed by atoms with van der Waals surface area (Å²) in [5, 5.41) is 1.72. The van der Waals surface area contributed by atoms with E-state index in [9.17, 15) is 0 Å². The molecule has 1 aromatic carbocycles. The Hall–Kier alpha value is 0.102. The molecule has 3 aliphatic rings. The summed E-state index contributed by atoms with van der Waals surface area (Å²) in [4.78, 5) is 0. The fourth-order valence-corrected chi connectivity index (χ4v) is 10.9. The van der Waals surface area contributed by atoms with E-state index in [2.05, 4.69) is 24.3 Å². The van der Waals surface area contributed by atoms with Crippen molar-refractivity contribution in [3.63, 3.8) is 0 Å². The van der Waals surface area contributed by atoms with Gasteiger partial charge in [0, 0.05) is 26.4 Å². The average Bonchev–Trinajstić information content (AvgIpc) is 2.80. The van der Waals surface area contributed by atoms with Gasteiger partial charge in [-0.25, -0.2) is 0 Å². The molecule has 0 aliphatic heterocycles. The molecular formula is C27H44O2PPd+. The predicted octanol–water partition coefficient (Wildman–Crippen LogP) is 6.78. The van der Waals surface area contributed by atoms with Crippen molar-refractivity contribution < 1.29 is 29.9 Å². The molecule has 3 saturated carbocycles. The van der Waals surface area contributed by atoms with Crippen LogP contribution in [-0.2, 0) is 29.9 Å². The van der Waals surface area contributed by atoms with E-state index in [-0.39, 0.29) is 40.1 Å². The summed E-state index contributed by atoms with van der Waals surface area (Å²) in [6, 6.07) is 9.47. The number of hydrogen-bond acceptors (Lipinski definition) is 2. The van der Waals surface area contributed by atoms with Gasteiger partial charge >= 0.3 is 20.4 Å². The second-order valence-electron chi connectivity index (χ2n) is 9.51. The van der Waals surface area contributed by atoms with Gasteiger partial charge in [-0.3, -0.25) is 0 Å². The average molecular weight is 538 g/mol. The molecule has 0 saturated heterocycles. The molecule has 4 rings (SSSR count). The minimum Gasteiger partial charge on any atom is -0.389 e. The van der Waals surface area contributed by atoms with Gasteiger partial charge in [0.05, 0.1) is 11.3 Å². The third kappa shape index (κ3) is 6.37. The number of methoxy groups -OCH3 is 2. The minimum atomic E-state index is -0.596. The van der Waals surface area contributed by atoms with E-state index >= 15 is 0 Å². The molecule has 4 heteroatoms. The Morgan fingerprint density at radius 3 is 1.68 bits per heavy atom. The second kappa shape index (κ2) is 13.7. The molecule has 3 aliphatic carbocycles. The summed E-state index contributed by atoms with van der Waals surface area (Å²) in [7, 11) is 3.18. The maximum Gasteiger partial charge on any atom is 2.00 e. The van der Waals surface area contributed by atoms with Crippen LogP contribution in [0.15, 0.2) is 24.3 Å². The number of hydrogen-bond donors (Lipinski definition) is 0. The van der Waals surface area contributed by atoms with Crippen molar-refractivity contribution >= 4 is 13.2 Å². The molecule has 0 N–H and O–H groups in total. The van der Waals surface area contributed by atoms with Gasteiger partial charge in [-0.05, 0) is 83.9 Å². The van der Waals surface area contributed by atoms with Crippen LogP contribution in [0, 0.1) is 13.3 Å². The van der Waals surface area contributed by atoms with Crippen molar-refractivity contribution in [3.05, 3.63) is 43.2 Å². The van der Waals surface area contributed by atoms with Crippen molar-refractivity contribution in [2.45, 2.75) is 107 Å². The van der Waals surface area contributed by atoms with E-state index in [0.717, 1.165) is 24.2 Å². The van der Waals surface area contributed by atoms with Gasteiger partial charge in [-0.15, -0.1) is 17.5 Å². The van der Waals surface area contributed by atoms with Gasteiger partial charge in [0.2, 0.25) is 0 Å². The van der Waals surface area contributed by atoms with Crippen LogP contribution in [0.4, 0.5) is 0 Å². The van der Waals surface area contributed by atoms with Crippen molar-refractivity contribution in [3.8, 4) is 0 Å². The van der Waals surface area contributed by atoms with Crippen LogP contribution in [0.2, 0.25) is 0 Å². The summed E-state index contributed by atoms with van der Waals surface area (Å²) < 4.78 is 12.0. The molecular weight excluding hydrogens is 494 g/mol. The molecule has 0 amide bonds. The quantitative estimate of drug-likeness (QED) is 0.226. The largest absolute Gasteiger partial charge is 2.00 e. The molecule has 0 spiro atoms. The van der Waals surface area contributed by atoms with E-state index in [0.29, 0.717) is 0 Å². The van der Waals surface area contributed by atoms with Crippen molar-refractivity contribution in [1.29, 1.82) is 0 Å². The SMILES string of the molecule is COC1CCC[C@H](OC)[C-]1c1ccccc1[PH+](C1CCCCC1)C1CCCCC1.[CH3-].[Pd+2]. The summed E-state index contributed by atoms with van der Waals surface area (Å²) in [6.07, 6.45) is 18.5. The molecule has 2 atom stereocenters. The van der Waals surface area contributed by atoms with Crippen LogP contribution in [0.25, 0.3) is 0 Å². The zero-order chi connectivity index (χ0) is 20.1. The van der Waals surface area contributed by atoms with E-state index in [4.69, 9.17) is 9.47 Å². The van der Waals surface area contributed by atoms with Crippen molar-refractivity contribution in [1.82, 2.24) is 0 Å². The molecule has 0 heterocycles. The predicted molar refractivity (Wildman–Crippen MR) is 132 cm³/mol. The smallest absolute Gasteiger partial charge is 0.389 e. The Balaban J connectivity index is 0.00000171. The molecule has 3 fully saturated rings. The van der Waals surface area contributed by atoms with Crippen LogP contribution >= 0.6 is 7.92 Å². The van der Waals surface area contributed by atoms with Crippen LogP contribution in [0.3, 0.4) is 0 Å². The molecule has 1 unspecified atom stereocenters. The summed E-state index contributed by atoms with van der Waals surface area (Å²) in [6.45, 7) is 0. The zero-order valence-electron chi connectivity index (χ0n) is 19.9. The minimum absolute atomic E-state index is 0. The number of rotatable bonds is 6. The van der Waals surface area contributed by atoms with Crippen LogP contribution in [0.1, 0.15) is 89.0 Å². The van der Waals surface area contributed by atoms with Gasteiger partial charge in [0.1, 0.15) is 0 Å². The van der Waals surface area contributed by atoms with Crippen molar-refractivity contribution in [2.75, 3.05) is 14.2 Å². The zero-order valence-corrected chi connectivity index (χ0v) is 22.5. The first-order valence-electron chi connectivity index (χ1n) is 12.2. The maximum atomic E-state index is 6.01. The van der Waals surface area contributed by atoms with E-state index in [1.165, 1.54) is 82.1 Å². The van der Waals surface area contributed by atoms with Crippen LogP contribution < -0.4 is 5.30 Å². The summed E-state index contributed by atoms with van der Waals surface area (Å²) in [5.74, 6) is 1.45. The van der Waals surface area contributed by atoms with Gasteiger partial charge in [0.25, 0.3) is 0 Å². The van der Waals surface area contributed by atoms with E-state index < -0.39 is 7.92 Å². The Kier molecular flexibility index (Phi) is 12.1. The topological polar surface area (TPSA) is 18.5 Å². The molecule has 0 bridgehead atoms. The maximum absolute atomic E-state index is 6.01. The first-order chi connectivity index (χ1) is 14.3.